The van der Waals surface area contributed by atoms with Crippen LogP contribution in [-0.4, -0.2) is 60.8 Å². The topological polar surface area (TPSA) is 62.9 Å². The number of nitrogens with zero attached hydrogens (tertiary/aromatic N) is 2. The summed E-state index contributed by atoms with van der Waals surface area (Å²) in [6, 6.07) is 10.9. The Morgan fingerprint density at radius 1 is 1.28 bits per heavy atom. The van der Waals surface area contributed by atoms with Crippen molar-refractivity contribution < 1.29 is 4.74 Å². The van der Waals surface area contributed by atoms with Gasteiger partial charge in [-0.15, -0.1) is 0 Å². The van der Waals surface area contributed by atoms with Gasteiger partial charge in [0.2, 0.25) is 0 Å². The van der Waals surface area contributed by atoms with Gasteiger partial charge in [0, 0.05) is 49.4 Å². The Morgan fingerprint density at radius 3 is 2.64 bits per heavy atom. The van der Waals surface area contributed by atoms with Crippen LogP contribution in [0.25, 0.3) is 0 Å². The smallest absolute Gasteiger partial charge is 0.191 e. The van der Waals surface area contributed by atoms with E-state index in [9.17, 15) is 0 Å². The quantitative estimate of drug-likeness (QED) is 0.621. The second-order valence-electron chi connectivity index (χ2n) is 6.94. The van der Waals surface area contributed by atoms with Gasteiger partial charge in [-0.3, -0.25) is 4.99 Å². The van der Waals surface area contributed by atoms with Crippen molar-refractivity contribution in [1.29, 1.82) is 0 Å². The van der Waals surface area contributed by atoms with E-state index < -0.39 is 0 Å². The van der Waals surface area contributed by atoms with Crippen LogP contribution in [0.15, 0.2) is 35.3 Å². The first-order chi connectivity index (χ1) is 12.2. The lowest BCUT2D eigenvalue weighted by molar-refractivity contribution is 0.0374. The summed E-state index contributed by atoms with van der Waals surface area (Å²) in [6.07, 6.45) is 1.94. The molecule has 0 radical (unpaired) electrons. The van der Waals surface area contributed by atoms with E-state index in [1.54, 1.807) is 0 Å². The van der Waals surface area contributed by atoms with E-state index in [4.69, 9.17) is 15.5 Å². The van der Waals surface area contributed by atoms with Gasteiger partial charge < -0.3 is 20.7 Å². The molecule has 2 saturated heterocycles. The number of nitrogens with one attached hydrogen (secondary N) is 1. The molecule has 0 aliphatic carbocycles. The number of hydrogen-bond donors (Lipinski definition) is 2. The van der Waals surface area contributed by atoms with Gasteiger partial charge in [-0.05, 0) is 25.3 Å². The van der Waals surface area contributed by atoms with E-state index >= 15 is 0 Å². The highest BCUT2D eigenvalue weighted by Crippen LogP contribution is 2.26. The second-order valence-corrected chi connectivity index (χ2v) is 8.17. The lowest BCUT2D eigenvalue weighted by atomic mass is 9.88. The molecule has 1 atom stereocenters. The number of hydrogen-bond acceptors (Lipinski definition) is 4. The van der Waals surface area contributed by atoms with E-state index in [0.717, 1.165) is 50.7 Å². The lowest BCUT2D eigenvalue weighted by Crippen LogP contribution is -2.53. The number of benzene rings is 1. The minimum Gasteiger partial charge on any atom is -0.381 e. The molecule has 1 aromatic carbocycles. The van der Waals surface area contributed by atoms with Crippen LogP contribution >= 0.6 is 11.8 Å². The Morgan fingerprint density at radius 2 is 1.96 bits per heavy atom. The summed E-state index contributed by atoms with van der Waals surface area (Å²) in [5.74, 6) is 2.97. The van der Waals surface area contributed by atoms with Crippen molar-refractivity contribution in [2.45, 2.75) is 31.3 Å². The molecule has 1 unspecified atom stereocenters. The standard InChI is InChI=1S/C19H30N4OS/c1-16(17-5-3-2-4-6-17)22-19(7-11-24-12-8-19)15-21-18(20)23-9-13-25-14-10-23/h2-6,16,22H,7-15H2,1H3,(H2,20,21). The monoisotopic (exact) mass is 362 g/mol. The zero-order valence-electron chi connectivity index (χ0n) is 15.1. The third kappa shape index (κ3) is 5.12. The number of rotatable bonds is 5. The Hall–Kier alpha value is -1.24. The molecular formula is C19H30N4OS. The summed E-state index contributed by atoms with van der Waals surface area (Å²) in [5, 5.41) is 3.84. The maximum atomic E-state index is 6.27. The van der Waals surface area contributed by atoms with E-state index in [1.807, 2.05) is 11.8 Å². The highest BCUT2D eigenvalue weighted by atomic mass is 32.2. The predicted octanol–water partition coefficient (Wildman–Crippen LogP) is 2.25. The van der Waals surface area contributed by atoms with E-state index in [1.165, 1.54) is 5.56 Å². The van der Waals surface area contributed by atoms with Crippen LogP contribution in [-0.2, 0) is 4.74 Å². The Balaban J connectivity index is 1.67. The van der Waals surface area contributed by atoms with Gasteiger partial charge in [0.15, 0.2) is 5.96 Å². The van der Waals surface area contributed by atoms with Gasteiger partial charge in [0.05, 0.1) is 6.54 Å². The van der Waals surface area contributed by atoms with Crippen LogP contribution in [0.5, 0.6) is 0 Å². The number of nitrogens with two attached hydrogens (primary N) is 1. The number of thioether (sulfide) groups is 1. The fraction of sp³-hybridized carbons (Fsp3) is 0.632. The molecule has 1 aromatic rings. The van der Waals surface area contributed by atoms with Crippen LogP contribution in [0.1, 0.15) is 31.4 Å². The molecule has 2 fully saturated rings. The maximum absolute atomic E-state index is 6.27. The fourth-order valence-electron chi connectivity index (χ4n) is 3.52. The van der Waals surface area contributed by atoms with Crippen LogP contribution in [0.2, 0.25) is 0 Å². The summed E-state index contributed by atoms with van der Waals surface area (Å²) < 4.78 is 5.60. The van der Waals surface area contributed by atoms with Crippen molar-refractivity contribution in [3.63, 3.8) is 0 Å². The van der Waals surface area contributed by atoms with Gasteiger partial charge in [0.1, 0.15) is 0 Å². The van der Waals surface area contributed by atoms with Gasteiger partial charge in [-0.25, -0.2) is 0 Å². The number of aliphatic imine (C=N–C) groups is 1. The van der Waals surface area contributed by atoms with Crippen molar-refractivity contribution in [3.05, 3.63) is 35.9 Å². The molecule has 0 amide bonds. The fourth-order valence-corrected chi connectivity index (χ4v) is 4.42. The minimum atomic E-state index is -0.0390. The Labute approximate surface area is 155 Å². The Kier molecular flexibility index (Phi) is 6.62. The summed E-state index contributed by atoms with van der Waals surface area (Å²) >= 11 is 1.99. The molecular weight excluding hydrogens is 332 g/mol. The average Bonchev–Trinajstić information content (AvgIpc) is 2.68. The first kappa shape index (κ1) is 18.5. The molecule has 0 saturated carbocycles. The number of ether oxygens (including phenoxy) is 1. The van der Waals surface area contributed by atoms with Crippen molar-refractivity contribution >= 4 is 17.7 Å². The van der Waals surface area contributed by atoms with Crippen molar-refractivity contribution in [1.82, 2.24) is 10.2 Å². The molecule has 6 heteroatoms. The number of guanidine groups is 1. The molecule has 3 N–H and O–H groups in total. The van der Waals surface area contributed by atoms with E-state index in [2.05, 4.69) is 47.5 Å². The van der Waals surface area contributed by atoms with Gasteiger partial charge in [-0.1, -0.05) is 30.3 Å². The zero-order valence-corrected chi connectivity index (χ0v) is 15.9. The zero-order chi connectivity index (χ0) is 17.5. The highest BCUT2D eigenvalue weighted by Gasteiger charge is 2.34. The molecule has 25 heavy (non-hydrogen) atoms. The second kappa shape index (κ2) is 8.92. The summed E-state index contributed by atoms with van der Waals surface area (Å²) in [7, 11) is 0. The molecule has 0 aromatic heterocycles. The van der Waals surface area contributed by atoms with Crippen LogP contribution in [0.4, 0.5) is 0 Å². The van der Waals surface area contributed by atoms with Crippen LogP contribution in [0, 0.1) is 0 Å². The molecule has 2 heterocycles. The molecule has 3 rings (SSSR count). The molecule has 2 aliphatic rings. The lowest BCUT2D eigenvalue weighted by Gasteiger charge is -2.40. The van der Waals surface area contributed by atoms with Crippen LogP contribution < -0.4 is 11.1 Å². The largest absolute Gasteiger partial charge is 0.381 e. The van der Waals surface area contributed by atoms with Crippen LogP contribution in [0.3, 0.4) is 0 Å². The molecule has 0 bridgehead atoms. The van der Waals surface area contributed by atoms with Gasteiger partial charge in [0.25, 0.3) is 0 Å². The van der Waals surface area contributed by atoms with E-state index in [-0.39, 0.29) is 11.6 Å². The maximum Gasteiger partial charge on any atom is 0.191 e. The van der Waals surface area contributed by atoms with Crippen molar-refractivity contribution in [2.24, 2.45) is 10.7 Å². The van der Waals surface area contributed by atoms with Crippen molar-refractivity contribution in [3.8, 4) is 0 Å². The average molecular weight is 363 g/mol. The molecule has 138 valence electrons. The first-order valence-electron chi connectivity index (χ1n) is 9.22. The highest BCUT2D eigenvalue weighted by molar-refractivity contribution is 7.99. The molecule has 2 aliphatic heterocycles. The summed E-state index contributed by atoms with van der Waals surface area (Å²) in [5.41, 5.74) is 7.54. The third-order valence-corrected chi connectivity index (χ3v) is 6.09. The molecule has 0 spiro atoms. The normalized spacial score (nSPS) is 22.6. The predicted molar refractivity (Wildman–Crippen MR) is 106 cm³/mol. The summed E-state index contributed by atoms with van der Waals surface area (Å²) in [4.78, 5) is 7.00. The Bertz CT molecular complexity index is 554. The third-order valence-electron chi connectivity index (χ3n) is 5.15. The van der Waals surface area contributed by atoms with Crippen molar-refractivity contribution in [2.75, 3.05) is 44.4 Å². The van der Waals surface area contributed by atoms with E-state index in [0.29, 0.717) is 12.5 Å². The minimum absolute atomic E-state index is 0.0390. The SMILES string of the molecule is CC(NC1(CN=C(N)N2CCSCC2)CCOCC1)c1ccccc1. The van der Waals surface area contributed by atoms with Gasteiger partial charge in [-0.2, -0.15) is 11.8 Å². The van der Waals surface area contributed by atoms with Gasteiger partial charge >= 0.3 is 0 Å². The summed E-state index contributed by atoms with van der Waals surface area (Å²) in [6.45, 7) is 6.51. The first-order valence-corrected chi connectivity index (χ1v) is 10.4. The molecule has 5 nitrogen and oxygen atoms in total.